The van der Waals surface area contributed by atoms with Gasteiger partial charge in [0.15, 0.2) is 0 Å². The number of hydrogen-bond acceptors (Lipinski definition) is 5. The van der Waals surface area contributed by atoms with Crippen molar-refractivity contribution in [1.29, 1.82) is 0 Å². The van der Waals surface area contributed by atoms with Crippen molar-refractivity contribution >= 4 is 29.4 Å². The molecule has 0 aromatic heterocycles. The number of phenolic OH excluding ortho intramolecular Hbond substituents is 1. The van der Waals surface area contributed by atoms with Crippen LogP contribution in [0.5, 0.6) is 5.75 Å². The van der Waals surface area contributed by atoms with Gasteiger partial charge in [-0.15, -0.1) is 0 Å². The molecule has 3 N–H and O–H groups in total. The van der Waals surface area contributed by atoms with E-state index in [1.165, 1.54) is 6.07 Å². The minimum atomic E-state index is -1.23. The molecule has 1 unspecified atom stereocenters. The number of amides is 1. The van der Waals surface area contributed by atoms with Gasteiger partial charge in [0.25, 0.3) is 5.91 Å². The average Bonchev–Trinajstić information content (AvgIpc) is 2.64. The molecule has 0 bridgehead atoms. The van der Waals surface area contributed by atoms with Crippen LogP contribution in [0, 0.1) is 0 Å². The predicted molar refractivity (Wildman–Crippen MR) is 101 cm³/mol. The van der Waals surface area contributed by atoms with Crippen LogP contribution in [0.25, 0.3) is 0 Å². The fraction of sp³-hybridized carbons (Fsp3) is 0.250. The maximum atomic E-state index is 12.6. The third-order valence-corrected chi connectivity index (χ3v) is 4.82. The van der Waals surface area contributed by atoms with E-state index in [4.69, 9.17) is 16.3 Å². The van der Waals surface area contributed by atoms with Crippen LogP contribution in [0.2, 0.25) is 5.02 Å². The zero-order chi connectivity index (χ0) is 20.4. The van der Waals surface area contributed by atoms with Gasteiger partial charge in [-0.3, -0.25) is 4.79 Å². The summed E-state index contributed by atoms with van der Waals surface area (Å²) in [5.74, 6) is -3.43. The van der Waals surface area contributed by atoms with Gasteiger partial charge in [0.2, 0.25) is 0 Å². The van der Waals surface area contributed by atoms with Crippen LogP contribution in [-0.4, -0.2) is 40.2 Å². The molecule has 0 spiro atoms. The highest BCUT2D eigenvalue weighted by Gasteiger charge is 2.33. The Hall–Kier alpha value is -3.06. The number of carbonyl (C=O) groups excluding carboxylic acids is 2. The summed E-state index contributed by atoms with van der Waals surface area (Å²) in [7, 11) is 0. The topological polar surface area (TPSA) is 113 Å². The molecule has 0 aliphatic carbocycles. The van der Waals surface area contributed by atoms with Gasteiger partial charge in [0.05, 0.1) is 5.56 Å². The van der Waals surface area contributed by atoms with E-state index in [0.717, 1.165) is 5.56 Å². The Bertz CT molecular complexity index is 943. The Morgan fingerprint density at radius 2 is 2.00 bits per heavy atom. The second-order valence-electron chi connectivity index (χ2n) is 6.58. The number of nitrogens with one attached hydrogen (secondary N) is 1. The molecular formula is C20H18ClNO6. The van der Waals surface area contributed by atoms with E-state index < -0.39 is 35.7 Å². The summed E-state index contributed by atoms with van der Waals surface area (Å²) in [5.41, 5.74) is 0.680. The summed E-state index contributed by atoms with van der Waals surface area (Å²) in [6.45, 7) is 1.69. The van der Waals surface area contributed by atoms with Crippen LogP contribution in [0.15, 0.2) is 36.4 Å². The Kier molecular flexibility index (Phi) is 5.56. The van der Waals surface area contributed by atoms with Crippen molar-refractivity contribution < 1.29 is 29.3 Å². The fourth-order valence-corrected chi connectivity index (χ4v) is 3.41. The van der Waals surface area contributed by atoms with Crippen molar-refractivity contribution in [3.8, 4) is 5.75 Å². The molecule has 1 heterocycles. The molecule has 28 heavy (non-hydrogen) atoms. The summed E-state index contributed by atoms with van der Waals surface area (Å²) in [4.78, 5) is 36.3. The number of halogens is 1. The standard InChI is InChI=1S/C20H18ClNO6/c1-10-7-12-14(21)9-13(17(23)16(12)20(27)28-10)18(24)22-15(19(25)26)8-11-5-3-2-4-6-11/h2-6,9-10,15,23H,7-8H2,1H3,(H,22,24)(H,25,26)/t10?,15-/m0/s1. The van der Waals surface area contributed by atoms with Crippen molar-refractivity contribution in [3.63, 3.8) is 0 Å². The number of benzene rings is 2. The highest BCUT2D eigenvalue weighted by molar-refractivity contribution is 6.32. The van der Waals surface area contributed by atoms with E-state index >= 15 is 0 Å². The zero-order valence-electron chi connectivity index (χ0n) is 14.9. The smallest absolute Gasteiger partial charge is 0.342 e. The van der Waals surface area contributed by atoms with Gasteiger partial charge in [-0.1, -0.05) is 41.9 Å². The van der Waals surface area contributed by atoms with Gasteiger partial charge in [-0.25, -0.2) is 9.59 Å². The van der Waals surface area contributed by atoms with Gasteiger partial charge in [0, 0.05) is 17.9 Å². The molecule has 1 aliphatic heterocycles. The SMILES string of the molecule is CC1Cc2c(Cl)cc(C(=O)N[C@@H](Cc3ccccc3)C(=O)O)c(O)c2C(=O)O1. The Morgan fingerprint density at radius 3 is 2.64 bits per heavy atom. The molecule has 0 saturated heterocycles. The normalized spacial score (nSPS) is 16.6. The zero-order valence-corrected chi connectivity index (χ0v) is 15.7. The van der Waals surface area contributed by atoms with E-state index in [1.807, 2.05) is 0 Å². The van der Waals surface area contributed by atoms with Crippen LogP contribution in [0.3, 0.4) is 0 Å². The molecule has 0 fully saturated rings. The minimum Gasteiger partial charge on any atom is -0.506 e. The van der Waals surface area contributed by atoms with Crippen LogP contribution in [-0.2, 0) is 22.4 Å². The first kappa shape index (κ1) is 19.7. The highest BCUT2D eigenvalue weighted by atomic mass is 35.5. The lowest BCUT2D eigenvalue weighted by molar-refractivity contribution is -0.139. The number of phenols is 1. The molecule has 2 aromatic carbocycles. The molecule has 8 heteroatoms. The molecule has 2 atom stereocenters. The van der Waals surface area contributed by atoms with Crippen LogP contribution >= 0.6 is 11.6 Å². The number of esters is 1. The third-order valence-electron chi connectivity index (χ3n) is 4.49. The van der Waals surface area contributed by atoms with Crippen LogP contribution in [0.1, 0.15) is 38.8 Å². The van der Waals surface area contributed by atoms with Gasteiger partial charge >= 0.3 is 11.9 Å². The number of aromatic hydroxyl groups is 1. The van der Waals surface area contributed by atoms with Crippen molar-refractivity contribution in [2.45, 2.75) is 31.9 Å². The summed E-state index contributed by atoms with van der Waals surface area (Å²) in [5, 5.41) is 22.4. The number of rotatable bonds is 5. The largest absolute Gasteiger partial charge is 0.506 e. The molecule has 0 radical (unpaired) electrons. The number of carboxylic acids is 1. The fourth-order valence-electron chi connectivity index (χ4n) is 3.13. The van der Waals surface area contributed by atoms with E-state index in [9.17, 15) is 24.6 Å². The lowest BCUT2D eigenvalue weighted by Crippen LogP contribution is -2.42. The van der Waals surface area contributed by atoms with Gasteiger partial charge in [0.1, 0.15) is 23.5 Å². The van der Waals surface area contributed by atoms with Crippen molar-refractivity contribution in [1.82, 2.24) is 5.32 Å². The molecular weight excluding hydrogens is 386 g/mol. The van der Waals surface area contributed by atoms with E-state index in [0.29, 0.717) is 12.0 Å². The van der Waals surface area contributed by atoms with Gasteiger partial charge in [-0.2, -0.15) is 0 Å². The number of aliphatic carboxylic acids is 1. The molecule has 146 valence electrons. The number of carbonyl (C=O) groups is 3. The summed E-state index contributed by atoms with van der Waals surface area (Å²) in [6, 6.07) is 8.81. The lowest BCUT2D eigenvalue weighted by Gasteiger charge is -2.24. The Balaban J connectivity index is 1.89. The lowest BCUT2D eigenvalue weighted by atomic mass is 9.95. The average molecular weight is 404 g/mol. The highest BCUT2D eigenvalue weighted by Crippen LogP contribution is 2.36. The van der Waals surface area contributed by atoms with Crippen molar-refractivity contribution in [2.75, 3.05) is 0 Å². The molecule has 0 saturated carbocycles. The minimum absolute atomic E-state index is 0.0565. The first-order valence-corrected chi connectivity index (χ1v) is 8.98. The Morgan fingerprint density at radius 1 is 1.32 bits per heavy atom. The maximum absolute atomic E-state index is 12.6. The molecule has 7 nitrogen and oxygen atoms in total. The van der Waals surface area contributed by atoms with E-state index in [2.05, 4.69) is 5.32 Å². The van der Waals surface area contributed by atoms with E-state index in [1.54, 1.807) is 37.3 Å². The summed E-state index contributed by atoms with van der Waals surface area (Å²) in [6.07, 6.45) is -0.0407. The molecule has 1 aliphatic rings. The van der Waals surface area contributed by atoms with Gasteiger partial charge in [-0.05, 0) is 24.1 Å². The third kappa shape index (κ3) is 3.94. The van der Waals surface area contributed by atoms with E-state index in [-0.39, 0.29) is 22.6 Å². The predicted octanol–water partition coefficient (Wildman–Crippen LogP) is 2.57. The van der Waals surface area contributed by atoms with Crippen LogP contribution < -0.4 is 5.32 Å². The van der Waals surface area contributed by atoms with Gasteiger partial charge < -0.3 is 20.3 Å². The first-order valence-electron chi connectivity index (χ1n) is 8.60. The number of ether oxygens (including phenoxy) is 1. The second kappa shape index (κ2) is 7.90. The molecule has 1 amide bonds. The number of carboxylic acid groups (broad SMARTS) is 1. The van der Waals surface area contributed by atoms with Crippen molar-refractivity contribution in [2.24, 2.45) is 0 Å². The summed E-state index contributed by atoms with van der Waals surface area (Å²) < 4.78 is 5.10. The maximum Gasteiger partial charge on any atom is 0.342 e. The number of fused-ring (bicyclic) bond motifs is 1. The van der Waals surface area contributed by atoms with Crippen LogP contribution in [0.4, 0.5) is 0 Å². The monoisotopic (exact) mass is 403 g/mol. The number of hydrogen-bond donors (Lipinski definition) is 3. The number of cyclic esters (lactones) is 1. The molecule has 2 aromatic rings. The first-order chi connectivity index (χ1) is 13.3. The Labute approximate surface area is 165 Å². The molecule has 3 rings (SSSR count). The second-order valence-corrected chi connectivity index (χ2v) is 6.99. The quantitative estimate of drug-likeness (QED) is 0.661. The van der Waals surface area contributed by atoms with Crippen molar-refractivity contribution in [3.05, 3.63) is 63.7 Å². The summed E-state index contributed by atoms with van der Waals surface area (Å²) >= 11 is 6.21.